The van der Waals surface area contributed by atoms with Crippen LogP contribution in [0.15, 0.2) is 47.2 Å². The first-order valence-corrected chi connectivity index (χ1v) is 9.37. The van der Waals surface area contributed by atoms with Gasteiger partial charge in [0.1, 0.15) is 0 Å². The lowest BCUT2D eigenvalue weighted by molar-refractivity contribution is 0.0952. The van der Waals surface area contributed by atoms with E-state index in [2.05, 4.69) is 37.5 Å². The highest BCUT2D eigenvalue weighted by Crippen LogP contribution is 2.11. The molecule has 0 spiro atoms. The number of carbonyl (C=O) groups excluding carboxylic acids is 1. The Morgan fingerprint density at radius 2 is 2.12 bits per heavy atom. The Bertz CT molecular complexity index is 899. The van der Waals surface area contributed by atoms with Crippen molar-refractivity contribution in [2.45, 2.75) is 33.4 Å². The van der Waals surface area contributed by atoms with Gasteiger partial charge in [-0.1, -0.05) is 12.1 Å². The van der Waals surface area contributed by atoms with Crippen molar-refractivity contribution in [3.63, 3.8) is 0 Å². The minimum Gasteiger partial charge on any atom is -0.352 e. The van der Waals surface area contributed by atoms with Crippen molar-refractivity contribution in [2.75, 3.05) is 6.54 Å². The summed E-state index contributed by atoms with van der Waals surface area (Å²) < 4.78 is 4.74. The topological polar surface area (TPSA) is 64.7 Å². The lowest BCUT2D eigenvalue weighted by Crippen LogP contribution is -2.25. The van der Waals surface area contributed by atoms with Crippen LogP contribution in [0.2, 0.25) is 0 Å². The van der Waals surface area contributed by atoms with Gasteiger partial charge >= 0.3 is 0 Å². The molecule has 1 aromatic carbocycles. The second-order valence-electron chi connectivity index (χ2n) is 6.32. The van der Waals surface area contributed by atoms with Crippen LogP contribution in [-0.4, -0.2) is 32.0 Å². The van der Waals surface area contributed by atoms with Crippen LogP contribution < -0.4 is 5.32 Å². The van der Waals surface area contributed by atoms with Crippen molar-refractivity contribution in [1.29, 1.82) is 0 Å². The normalized spacial score (nSPS) is 10.9. The number of carbonyl (C=O) groups is 1. The van der Waals surface area contributed by atoms with Crippen LogP contribution in [0, 0.1) is 13.8 Å². The van der Waals surface area contributed by atoms with Gasteiger partial charge in [0.25, 0.3) is 5.91 Å². The van der Waals surface area contributed by atoms with E-state index in [1.165, 1.54) is 0 Å². The standard InChI is InChI=1S/C19H22BrN5O/c1-14-9-15(2)25(23-14)8-4-7-21-19(26)17-6-3-5-16(10-17)12-24-13-18(20)11-22-24/h3,5-6,9-11,13H,4,7-8,12H2,1-2H3,(H,21,26). The first-order chi connectivity index (χ1) is 12.5. The number of aromatic nitrogens is 4. The number of halogens is 1. The van der Waals surface area contributed by atoms with Gasteiger partial charge in [-0.3, -0.25) is 14.2 Å². The van der Waals surface area contributed by atoms with Crippen molar-refractivity contribution < 1.29 is 4.79 Å². The number of aryl methyl sites for hydroxylation is 3. The predicted molar refractivity (Wildman–Crippen MR) is 104 cm³/mol. The number of nitrogens with one attached hydrogen (secondary N) is 1. The molecule has 0 aliphatic carbocycles. The average molecular weight is 416 g/mol. The lowest BCUT2D eigenvalue weighted by atomic mass is 10.1. The van der Waals surface area contributed by atoms with Gasteiger partial charge in [0.15, 0.2) is 0 Å². The second-order valence-corrected chi connectivity index (χ2v) is 7.23. The highest BCUT2D eigenvalue weighted by atomic mass is 79.9. The quantitative estimate of drug-likeness (QED) is 0.601. The van der Waals surface area contributed by atoms with Crippen molar-refractivity contribution in [3.05, 3.63) is 69.7 Å². The Morgan fingerprint density at radius 1 is 1.27 bits per heavy atom. The third kappa shape index (κ3) is 4.82. The van der Waals surface area contributed by atoms with E-state index in [-0.39, 0.29) is 5.91 Å². The molecule has 0 unspecified atom stereocenters. The zero-order valence-corrected chi connectivity index (χ0v) is 16.5. The molecule has 0 saturated heterocycles. The van der Waals surface area contributed by atoms with Crippen LogP contribution >= 0.6 is 15.9 Å². The summed E-state index contributed by atoms with van der Waals surface area (Å²) in [6.45, 7) is 6.08. The van der Waals surface area contributed by atoms with Crippen molar-refractivity contribution in [1.82, 2.24) is 24.9 Å². The third-order valence-electron chi connectivity index (χ3n) is 4.07. The summed E-state index contributed by atoms with van der Waals surface area (Å²) in [5, 5.41) is 11.7. The molecule has 0 saturated carbocycles. The Labute approximate surface area is 161 Å². The van der Waals surface area contributed by atoms with E-state index in [1.54, 1.807) is 6.20 Å². The van der Waals surface area contributed by atoms with Gasteiger partial charge in [-0.2, -0.15) is 10.2 Å². The smallest absolute Gasteiger partial charge is 0.251 e. The fourth-order valence-electron chi connectivity index (χ4n) is 2.86. The molecule has 0 aliphatic rings. The fraction of sp³-hybridized carbons (Fsp3) is 0.316. The van der Waals surface area contributed by atoms with Gasteiger partial charge in [-0.15, -0.1) is 0 Å². The summed E-state index contributed by atoms with van der Waals surface area (Å²) in [7, 11) is 0. The zero-order valence-electron chi connectivity index (χ0n) is 14.9. The third-order valence-corrected chi connectivity index (χ3v) is 4.48. The monoisotopic (exact) mass is 415 g/mol. The van der Waals surface area contributed by atoms with Gasteiger partial charge < -0.3 is 5.32 Å². The number of rotatable bonds is 7. The van der Waals surface area contributed by atoms with Crippen LogP contribution in [0.1, 0.15) is 33.7 Å². The highest BCUT2D eigenvalue weighted by molar-refractivity contribution is 9.10. The summed E-state index contributed by atoms with van der Waals surface area (Å²) in [6.07, 6.45) is 4.50. The van der Waals surface area contributed by atoms with E-state index in [1.807, 2.05) is 53.7 Å². The molecule has 0 atom stereocenters. The van der Waals surface area contributed by atoms with Crippen LogP contribution in [0.3, 0.4) is 0 Å². The second kappa shape index (κ2) is 8.31. The molecule has 1 N–H and O–H groups in total. The van der Waals surface area contributed by atoms with Crippen LogP contribution in [0.4, 0.5) is 0 Å². The molecule has 6 nitrogen and oxygen atoms in total. The van der Waals surface area contributed by atoms with Gasteiger partial charge in [-0.05, 0) is 60.0 Å². The number of hydrogen-bond acceptors (Lipinski definition) is 3. The van der Waals surface area contributed by atoms with E-state index in [4.69, 9.17) is 0 Å². The van der Waals surface area contributed by atoms with Crippen LogP contribution in [0.5, 0.6) is 0 Å². The van der Waals surface area contributed by atoms with E-state index in [9.17, 15) is 4.79 Å². The SMILES string of the molecule is Cc1cc(C)n(CCCNC(=O)c2cccc(Cn3cc(Br)cn3)c2)n1. The Hall–Kier alpha value is -2.41. The molecule has 7 heteroatoms. The Balaban J connectivity index is 1.51. The molecule has 0 radical (unpaired) electrons. The maximum Gasteiger partial charge on any atom is 0.251 e. The van der Waals surface area contributed by atoms with Gasteiger partial charge in [0.05, 0.1) is 22.9 Å². The number of amides is 1. The molecule has 136 valence electrons. The number of benzene rings is 1. The molecular weight excluding hydrogens is 394 g/mol. The maximum absolute atomic E-state index is 12.4. The molecule has 26 heavy (non-hydrogen) atoms. The van der Waals surface area contributed by atoms with Gasteiger partial charge in [-0.25, -0.2) is 0 Å². The van der Waals surface area contributed by atoms with Crippen molar-refractivity contribution in [3.8, 4) is 0 Å². The number of hydrogen-bond donors (Lipinski definition) is 1. The summed E-state index contributed by atoms with van der Waals surface area (Å²) in [4.78, 5) is 12.4. The number of nitrogens with zero attached hydrogens (tertiary/aromatic N) is 4. The molecule has 3 aromatic rings. The van der Waals surface area contributed by atoms with Crippen LogP contribution in [0.25, 0.3) is 0 Å². The van der Waals surface area contributed by atoms with Gasteiger partial charge in [0.2, 0.25) is 0 Å². The lowest BCUT2D eigenvalue weighted by Gasteiger charge is -2.08. The molecule has 2 aromatic heterocycles. The molecule has 0 fully saturated rings. The van der Waals surface area contributed by atoms with E-state index in [0.717, 1.165) is 34.4 Å². The maximum atomic E-state index is 12.4. The molecule has 1 amide bonds. The molecular formula is C19H22BrN5O. The zero-order chi connectivity index (χ0) is 18.5. The van der Waals surface area contributed by atoms with E-state index < -0.39 is 0 Å². The largest absolute Gasteiger partial charge is 0.352 e. The predicted octanol–water partition coefficient (Wildman–Crippen LogP) is 3.33. The van der Waals surface area contributed by atoms with Crippen molar-refractivity contribution in [2.24, 2.45) is 0 Å². The van der Waals surface area contributed by atoms with Crippen LogP contribution in [-0.2, 0) is 13.1 Å². The fourth-order valence-corrected chi connectivity index (χ4v) is 3.18. The minimum absolute atomic E-state index is 0.0538. The molecule has 0 aliphatic heterocycles. The summed E-state index contributed by atoms with van der Waals surface area (Å²) in [5.74, 6) is -0.0538. The molecule has 2 heterocycles. The van der Waals surface area contributed by atoms with Crippen molar-refractivity contribution >= 4 is 21.8 Å². The molecule has 0 bridgehead atoms. The minimum atomic E-state index is -0.0538. The summed E-state index contributed by atoms with van der Waals surface area (Å²) in [5.41, 5.74) is 3.87. The highest BCUT2D eigenvalue weighted by Gasteiger charge is 2.07. The first kappa shape index (κ1) is 18.4. The molecule has 3 rings (SSSR count). The first-order valence-electron chi connectivity index (χ1n) is 8.57. The van der Waals surface area contributed by atoms with E-state index >= 15 is 0 Å². The summed E-state index contributed by atoms with van der Waals surface area (Å²) >= 11 is 3.39. The van der Waals surface area contributed by atoms with E-state index in [0.29, 0.717) is 18.7 Å². The summed E-state index contributed by atoms with van der Waals surface area (Å²) in [6, 6.07) is 9.70. The Morgan fingerprint density at radius 3 is 2.81 bits per heavy atom. The Kier molecular flexibility index (Phi) is 5.88. The van der Waals surface area contributed by atoms with Gasteiger partial charge in [0, 0.05) is 30.5 Å². The average Bonchev–Trinajstić information content (AvgIpc) is 3.16.